The molecule has 1 N–H and O–H groups in total. The van der Waals surface area contributed by atoms with Gasteiger partial charge in [-0.15, -0.1) is 0 Å². The van der Waals surface area contributed by atoms with Crippen molar-refractivity contribution in [3.8, 4) is 11.4 Å². The van der Waals surface area contributed by atoms with Gasteiger partial charge in [-0.3, -0.25) is 4.79 Å². The topological polar surface area (TPSA) is 69.0 Å². The normalized spacial score (nSPS) is 18.6. The predicted octanol–water partition coefficient (Wildman–Crippen LogP) is 3.69. The van der Waals surface area contributed by atoms with Gasteiger partial charge in [0.25, 0.3) is 5.91 Å². The first-order chi connectivity index (χ1) is 14.1. The summed E-state index contributed by atoms with van der Waals surface area (Å²) in [4.78, 5) is 14.5. The van der Waals surface area contributed by atoms with Crippen molar-refractivity contribution in [3.63, 3.8) is 0 Å². The third kappa shape index (κ3) is 4.45. The number of hydrogen-bond donors (Lipinski definition) is 1. The molecule has 0 bridgehead atoms. The van der Waals surface area contributed by atoms with Gasteiger partial charge >= 0.3 is 0 Å². The number of aryl methyl sites for hydroxylation is 1. The molecule has 0 aliphatic heterocycles. The van der Waals surface area contributed by atoms with Crippen LogP contribution in [0.5, 0.6) is 5.75 Å². The molecule has 1 aliphatic carbocycles. The summed E-state index contributed by atoms with van der Waals surface area (Å²) in [5, 5.41) is 11.5. The molecule has 3 aromatic rings. The second-order valence-electron chi connectivity index (χ2n) is 7.37. The summed E-state index contributed by atoms with van der Waals surface area (Å²) in [7, 11) is 0. The molecular weight excluding hydrogens is 371 g/mol. The Balaban J connectivity index is 1.45. The lowest BCUT2D eigenvalue weighted by Crippen LogP contribution is -2.39. The molecular formula is C22H23FN4O2. The number of ether oxygens (including phenoxy) is 1. The molecule has 1 aromatic heterocycles. The molecule has 7 heteroatoms. The molecule has 1 amide bonds. The summed E-state index contributed by atoms with van der Waals surface area (Å²) in [6.45, 7) is 2.43. The van der Waals surface area contributed by atoms with Crippen LogP contribution in [0.25, 0.3) is 5.69 Å². The van der Waals surface area contributed by atoms with Crippen LogP contribution in [0.2, 0.25) is 0 Å². The van der Waals surface area contributed by atoms with Crippen LogP contribution in [0.15, 0.2) is 54.9 Å². The number of nitrogens with zero attached hydrogens (tertiary/aromatic N) is 3. The summed E-state index contributed by atoms with van der Waals surface area (Å²) in [6.07, 6.45) is 6.09. The predicted molar refractivity (Wildman–Crippen MR) is 107 cm³/mol. The van der Waals surface area contributed by atoms with Crippen molar-refractivity contribution in [2.75, 3.05) is 6.61 Å². The largest absolute Gasteiger partial charge is 0.493 e. The number of amides is 1. The Morgan fingerprint density at radius 1 is 1.17 bits per heavy atom. The van der Waals surface area contributed by atoms with E-state index in [0.29, 0.717) is 23.6 Å². The average molecular weight is 394 g/mol. The molecule has 1 saturated carbocycles. The van der Waals surface area contributed by atoms with E-state index >= 15 is 0 Å². The monoisotopic (exact) mass is 394 g/mol. The highest BCUT2D eigenvalue weighted by Crippen LogP contribution is 2.27. The van der Waals surface area contributed by atoms with Crippen LogP contribution < -0.4 is 10.1 Å². The van der Waals surface area contributed by atoms with Crippen molar-refractivity contribution in [1.82, 2.24) is 20.3 Å². The highest BCUT2D eigenvalue weighted by molar-refractivity contribution is 5.98. The van der Waals surface area contributed by atoms with E-state index in [-0.39, 0.29) is 23.7 Å². The van der Waals surface area contributed by atoms with E-state index in [0.717, 1.165) is 24.8 Å². The quantitative estimate of drug-likeness (QED) is 0.692. The number of aromatic nitrogens is 3. The lowest BCUT2D eigenvalue weighted by molar-refractivity contribution is 0.0918. The molecule has 1 aliphatic rings. The molecule has 150 valence electrons. The van der Waals surface area contributed by atoms with Gasteiger partial charge < -0.3 is 10.1 Å². The fraction of sp³-hybridized carbons (Fsp3) is 0.318. The maximum Gasteiger partial charge on any atom is 0.253 e. The summed E-state index contributed by atoms with van der Waals surface area (Å²) in [5.74, 6) is 0.415. The number of hydrogen-bond acceptors (Lipinski definition) is 4. The number of nitrogens with one attached hydrogen (secondary N) is 1. The fourth-order valence-electron chi connectivity index (χ4n) is 3.75. The third-order valence-electron chi connectivity index (χ3n) is 5.28. The SMILES string of the molecule is Cc1ccc(-n2nccn2)c(C(=O)NC2CCC[C@@H]2COc2ccc(F)cc2)c1. The number of carbonyl (C=O) groups is 1. The van der Waals surface area contributed by atoms with Crippen molar-refractivity contribution in [3.05, 3.63) is 71.8 Å². The Morgan fingerprint density at radius 3 is 2.69 bits per heavy atom. The van der Waals surface area contributed by atoms with Gasteiger partial charge in [-0.1, -0.05) is 18.1 Å². The molecule has 2 atom stereocenters. The summed E-state index contributed by atoms with van der Waals surface area (Å²) < 4.78 is 18.9. The zero-order chi connectivity index (χ0) is 20.2. The van der Waals surface area contributed by atoms with E-state index in [9.17, 15) is 9.18 Å². The second-order valence-corrected chi connectivity index (χ2v) is 7.37. The fourth-order valence-corrected chi connectivity index (χ4v) is 3.75. The van der Waals surface area contributed by atoms with Gasteiger partial charge in [0.15, 0.2) is 0 Å². The minimum atomic E-state index is -0.288. The van der Waals surface area contributed by atoms with Gasteiger partial charge in [0.05, 0.1) is 30.3 Å². The standard InChI is InChI=1S/C22H23FN4O2/c1-15-5-10-21(27-24-11-12-25-27)19(13-15)22(28)26-20-4-2-3-16(20)14-29-18-8-6-17(23)7-9-18/h5-13,16,20H,2-4,14H2,1H3,(H,26,28)/t16-,20?/m1/s1. The van der Waals surface area contributed by atoms with E-state index < -0.39 is 0 Å². The maximum absolute atomic E-state index is 13.1. The molecule has 1 fully saturated rings. The van der Waals surface area contributed by atoms with Crippen molar-refractivity contribution >= 4 is 5.91 Å². The molecule has 1 unspecified atom stereocenters. The molecule has 29 heavy (non-hydrogen) atoms. The molecule has 2 aromatic carbocycles. The second kappa shape index (κ2) is 8.43. The number of halogens is 1. The van der Waals surface area contributed by atoms with Gasteiger partial charge in [0.2, 0.25) is 0 Å². The Kier molecular flexibility index (Phi) is 5.55. The first-order valence-electron chi connectivity index (χ1n) is 9.77. The van der Waals surface area contributed by atoms with Gasteiger partial charge in [0.1, 0.15) is 11.6 Å². The molecule has 0 radical (unpaired) electrons. The summed E-state index contributed by atoms with van der Waals surface area (Å²) >= 11 is 0. The number of carbonyl (C=O) groups excluding carboxylic acids is 1. The van der Waals surface area contributed by atoms with Crippen molar-refractivity contribution in [2.45, 2.75) is 32.2 Å². The van der Waals surface area contributed by atoms with Crippen LogP contribution in [0.4, 0.5) is 4.39 Å². The van der Waals surface area contributed by atoms with Crippen LogP contribution in [-0.4, -0.2) is 33.5 Å². The van der Waals surface area contributed by atoms with Gasteiger partial charge in [-0.25, -0.2) is 4.39 Å². The van der Waals surface area contributed by atoms with E-state index in [1.54, 1.807) is 24.5 Å². The van der Waals surface area contributed by atoms with E-state index in [1.807, 2.05) is 25.1 Å². The van der Waals surface area contributed by atoms with Gasteiger partial charge in [0, 0.05) is 12.0 Å². The third-order valence-corrected chi connectivity index (χ3v) is 5.28. The highest BCUT2D eigenvalue weighted by atomic mass is 19.1. The Hall–Kier alpha value is -3.22. The Labute approximate surface area is 168 Å². The van der Waals surface area contributed by atoms with Crippen LogP contribution in [0.3, 0.4) is 0 Å². The lowest BCUT2D eigenvalue weighted by Gasteiger charge is -2.22. The van der Waals surface area contributed by atoms with E-state index in [1.165, 1.54) is 16.9 Å². The van der Waals surface area contributed by atoms with Crippen LogP contribution in [0.1, 0.15) is 35.2 Å². The van der Waals surface area contributed by atoms with Crippen LogP contribution in [0, 0.1) is 18.7 Å². The van der Waals surface area contributed by atoms with Crippen molar-refractivity contribution < 1.29 is 13.9 Å². The van der Waals surface area contributed by atoms with Gasteiger partial charge in [-0.05, 0) is 56.2 Å². The maximum atomic E-state index is 13.1. The highest BCUT2D eigenvalue weighted by Gasteiger charge is 2.30. The molecule has 1 heterocycles. The van der Waals surface area contributed by atoms with Crippen molar-refractivity contribution in [2.24, 2.45) is 5.92 Å². The summed E-state index contributed by atoms with van der Waals surface area (Å²) in [6, 6.07) is 11.7. The first-order valence-corrected chi connectivity index (χ1v) is 9.77. The minimum absolute atomic E-state index is 0.0295. The van der Waals surface area contributed by atoms with Crippen molar-refractivity contribution in [1.29, 1.82) is 0 Å². The van der Waals surface area contributed by atoms with Gasteiger partial charge in [-0.2, -0.15) is 15.0 Å². The van der Waals surface area contributed by atoms with E-state index in [4.69, 9.17) is 4.74 Å². The minimum Gasteiger partial charge on any atom is -0.493 e. The summed E-state index contributed by atoms with van der Waals surface area (Å²) in [5.41, 5.74) is 2.19. The Bertz CT molecular complexity index is 973. The molecule has 6 nitrogen and oxygen atoms in total. The zero-order valence-electron chi connectivity index (χ0n) is 16.2. The molecule has 4 rings (SSSR count). The number of rotatable bonds is 6. The van der Waals surface area contributed by atoms with E-state index in [2.05, 4.69) is 15.5 Å². The number of benzene rings is 2. The smallest absolute Gasteiger partial charge is 0.253 e. The van der Waals surface area contributed by atoms with Crippen LogP contribution >= 0.6 is 0 Å². The molecule has 0 spiro atoms. The first kappa shape index (κ1) is 19.1. The Morgan fingerprint density at radius 2 is 1.93 bits per heavy atom. The molecule has 0 saturated heterocycles. The lowest BCUT2D eigenvalue weighted by atomic mass is 10.0. The average Bonchev–Trinajstić information content (AvgIpc) is 3.40. The zero-order valence-corrected chi connectivity index (χ0v) is 16.2. The van der Waals surface area contributed by atoms with Crippen LogP contribution in [-0.2, 0) is 0 Å².